The predicted octanol–water partition coefficient (Wildman–Crippen LogP) is 1.13. The smallest absolute Gasteiger partial charge is 0.265 e. The maximum Gasteiger partial charge on any atom is 0.291 e. The first kappa shape index (κ1) is 10.5. The van der Waals surface area contributed by atoms with Crippen molar-refractivity contribution in [3.05, 3.63) is 31.7 Å². The zero-order chi connectivity index (χ0) is 12.6. The number of nitrogens with zero attached hydrogens (tertiary/aromatic N) is 2. The molecule has 2 heterocycles. The minimum Gasteiger partial charge on any atom is -0.265 e. The molecule has 2 bridgehead atoms. The Kier molecular flexibility index (Phi) is 1.87. The van der Waals surface area contributed by atoms with Gasteiger partial charge in [0.2, 0.25) is 0 Å². The molecule has 3 nitrogen and oxygen atoms in total. The van der Waals surface area contributed by atoms with E-state index in [0.717, 1.165) is 20.4 Å². The first-order valence-corrected chi connectivity index (χ1v) is 8.11. The van der Waals surface area contributed by atoms with E-state index in [1.165, 1.54) is 29.1 Å². The second kappa shape index (κ2) is 3.41. The van der Waals surface area contributed by atoms with Crippen molar-refractivity contribution in [3.8, 4) is 0 Å². The van der Waals surface area contributed by atoms with E-state index in [9.17, 15) is 4.79 Å². The van der Waals surface area contributed by atoms with E-state index in [1.807, 2.05) is 0 Å². The molecule has 5 heteroatoms. The Hall–Kier alpha value is -1.33. The molecule has 0 radical (unpaired) electrons. The van der Waals surface area contributed by atoms with Crippen LogP contribution < -0.4 is 14.8 Å². The number of fused-ring (bicyclic) bond motifs is 7. The first-order valence-electron chi connectivity index (χ1n) is 6.48. The van der Waals surface area contributed by atoms with Crippen LogP contribution in [0.15, 0.2) is 16.9 Å². The summed E-state index contributed by atoms with van der Waals surface area (Å²) in [5, 5.41) is 1.95. The Bertz CT molecular complexity index is 838. The lowest BCUT2D eigenvalue weighted by molar-refractivity contribution is 0.486. The van der Waals surface area contributed by atoms with E-state index in [0.29, 0.717) is 23.7 Å². The molecule has 5 rings (SSSR count). The lowest BCUT2D eigenvalue weighted by atomic mass is 9.81. The standard InChI is InChI=1S/C14H10N2OS2/c17-14-18-12-13(19-14)16-11-5-9-7-2-1-6(3-7)8(9)4-10(11)15-12/h1-2,4-9H,3H2. The van der Waals surface area contributed by atoms with Crippen molar-refractivity contribution in [1.82, 2.24) is 9.97 Å². The van der Waals surface area contributed by atoms with Crippen molar-refractivity contribution >= 4 is 44.5 Å². The van der Waals surface area contributed by atoms with Crippen molar-refractivity contribution in [2.75, 3.05) is 0 Å². The summed E-state index contributed by atoms with van der Waals surface area (Å²) in [6.07, 6.45) is 10.6. The van der Waals surface area contributed by atoms with Crippen molar-refractivity contribution in [2.24, 2.45) is 23.7 Å². The van der Waals surface area contributed by atoms with Crippen LogP contribution in [0.5, 0.6) is 0 Å². The van der Waals surface area contributed by atoms with E-state index >= 15 is 0 Å². The molecule has 1 fully saturated rings. The summed E-state index contributed by atoms with van der Waals surface area (Å²) in [5.41, 5.74) is 0. The van der Waals surface area contributed by atoms with Gasteiger partial charge in [-0.3, -0.25) is 4.79 Å². The highest BCUT2D eigenvalue weighted by atomic mass is 32.2. The molecule has 0 aliphatic heterocycles. The van der Waals surface area contributed by atoms with E-state index in [4.69, 9.17) is 0 Å². The third kappa shape index (κ3) is 1.34. The van der Waals surface area contributed by atoms with Crippen LogP contribution in [0.25, 0.3) is 21.8 Å². The summed E-state index contributed by atoms with van der Waals surface area (Å²) >= 11 is 2.41. The van der Waals surface area contributed by atoms with Gasteiger partial charge in [0.1, 0.15) is 0 Å². The van der Waals surface area contributed by atoms with Crippen LogP contribution in [0.4, 0.5) is 0 Å². The van der Waals surface area contributed by atoms with Gasteiger partial charge in [0.15, 0.2) is 9.66 Å². The molecule has 0 amide bonds. The summed E-state index contributed by atoms with van der Waals surface area (Å²) in [6, 6.07) is 0. The fourth-order valence-electron chi connectivity index (χ4n) is 3.72. The number of rotatable bonds is 0. The van der Waals surface area contributed by atoms with Crippen LogP contribution >= 0.6 is 22.7 Å². The Morgan fingerprint density at radius 1 is 0.947 bits per heavy atom. The summed E-state index contributed by atoms with van der Waals surface area (Å²) in [4.78, 5) is 22.3. The Morgan fingerprint density at radius 2 is 1.47 bits per heavy atom. The van der Waals surface area contributed by atoms with Gasteiger partial charge in [-0.15, -0.1) is 0 Å². The molecule has 19 heavy (non-hydrogen) atoms. The predicted molar refractivity (Wildman–Crippen MR) is 77.5 cm³/mol. The molecule has 0 saturated heterocycles. The second-order valence-corrected chi connectivity index (χ2v) is 7.68. The molecule has 0 N–H and O–H groups in total. The molecular formula is C14H10N2OS2. The quantitative estimate of drug-likeness (QED) is 0.682. The molecule has 4 unspecified atom stereocenters. The maximum absolute atomic E-state index is 11.4. The van der Waals surface area contributed by atoms with E-state index in [2.05, 4.69) is 34.3 Å². The topological polar surface area (TPSA) is 42.9 Å². The van der Waals surface area contributed by atoms with Crippen LogP contribution in [-0.2, 0) is 0 Å². The minimum absolute atomic E-state index is 0.0827. The molecule has 1 saturated carbocycles. The van der Waals surface area contributed by atoms with Crippen molar-refractivity contribution in [2.45, 2.75) is 6.42 Å². The number of allylic oxidation sites excluding steroid dienone is 2. The van der Waals surface area contributed by atoms with Crippen LogP contribution in [0.2, 0.25) is 0 Å². The van der Waals surface area contributed by atoms with Crippen molar-refractivity contribution < 1.29 is 0 Å². The van der Waals surface area contributed by atoms with Gasteiger partial charge in [0.25, 0.3) is 4.06 Å². The monoisotopic (exact) mass is 286 g/mol. The van der Waals surface area contributed by atoms with Gasteiger partial charge in [-0.1, -0.05) is 47.0 Å². The normalized spacial score (nSPS) is 33.9. The summed E-state index contributed by atoms with van der Waals surface area (Å²) in [7, 11) is 0. The highest BCUT2D eigenvalue weighted by Gasteiger charge is 2.43. The highest BCUT2D eigenvalue weighted by Crippen LogP contribution is 2.49. The molecule has 94 valence electrons. The second-order valence-electron chi connectivity index (χ2n) is 5.49. The molecule has 2 aromatic rings. The molecule has 4 atom stereocenters. The summed E-state index contributed by atoms with van der Waals surface area (Å²) in [6.45, 7) is 0. The van der Waals surface area contributed by atoms with E-state index in [-0.39, 0.29) is 4.06 Å². The van der Waals surface area contributed by atoms with Gasteiger partial charge in [0, 0.05) is 0 Å². The van der Waals surface area contributed by atoms with Gasteiger partial charge in [-0.25, -0.2) is 9.97 Å². The Morgan fingerprint density at radius 3 is 2.00 bits per heavy atom. The van der Waals surface area contributed by atoms with Crippen molar-refractivity contribution in [3.63, 3.8) is 0 Å². The van der Waals surface area contributed by atoms with Gasteiger partial charge >= 0.3 is 0 Å². The van der Waals surface area contributed by atoms with E-state index < -0.39 is 0 Å². The van der Waals surface area contributed by atoms with Gasteiger partial charge < -0.3 is 0 Å². The van der Waals surface area contributed by atoms with Gasteiger partial charge in [-0.05, 0) is 30.1 Å². The zero-order valence-electron chi connectivity index (χ0n) is 9.95. The Labute approximate surface area is 116 Å². The zero-order valence-corrected chi connectivity index (χ0v) is 11.6. The molecular weight excluding hydrogens is 276 g/mol. The van der Waals surface area contributed by atoms with Crippen LogP contribution in [-0.4, -0.2) is 9.97 Å². The van der Waals surface area contributed by atoms with Crippen LogP contribution in [0.1, 0.15) is 6.42 Å². The molecule has 0 aromatic carbocycles. The van der Waals surface area contributed by atoms with Crippen LogP contribution in [0.3, 0.4) is 0 Å². The third-order valence-electron chi connectivity index (χ3n) is 4.53. The fraction of sp³-hybridized carbons (Fsp3) is 0.357. The largest absolute Gasteiger partial charge is 0.291 e. The fourth-order valence-corrected chi connectivity index (χ4v) is 5.48. The first-order chi connectivity index (χ1) is 9.28. The molecule has 0 spiro atoms. The lowest BCUT2D eigenvalue weighted by Gasteiger charge is -2.24. The van der Waals surface area contributed by atoms with Gasteiger partial charge in [0.05, 0.1) is 10.7 Å². The summed E-state index contributed by atoms with van der Waals surface area (Å²) in [5.74, 6) is 2.53. The molecule has 3 aliphatic rings. The summed E-state index contributed by atoms with van der Waals surface area (Å²) < 4.78 is 0.0827. The average molecular weight is 286 g/mol. The molecule has 2 aromatic heterocycles. The van der Waals surface area contributed by atoms with Gasteiger partial charge in [-0.2, -0.15) is 0 Å². The number of hydrogen-bond donors (Lipinski definition) is 0. The minimum atomic E-state index is 0.0827. The number of hydrogen-bond acceptors (Lipinski definition) is 5. The van der Waals surface area contributed by atoms with Crippen molar-refractivity contribution in [1.29, 1.82) is 0 Å². The lowest BCUT2D eigenvalue weighted by Crippen LogP contribution is -2.38. The number of aromatic nitrogens is 2. The maximum atomic E-state index is 11.4. The van der Waals surface area contributed by atoms with Crippen LogP contribution in [0, 0.1) is 23.7 Å². The highest BCUT2D eigenvalue weighted by molar-refractivity contribution is 7.35. The Balaban J connectivity index is 1.83. The van der Waals surface area contributed by atoms with E-state index in [1.54, 1.807) is 0 Å². The average Bonchev–Trinajstić information content (AvgIpc) is 3.06. The third-order valence-corrected chi connectivity index (χ3v) is 6.45. The SMILES string of the molecule is O=c1sc2nc3c(nc2s1)=CC1C2C=CC(C2)C1C=3. The molecule has 3 aliphatic carbocycles.